The molecule has 8 aromatic rings. The van der Waals surface area contributed by atoms with Crippen molar-refractivity contribution in [1.82, 2.24) is 0 Å². The second-order valence-corrected chi connectivity index (χ2v) is 18.3. The van der Waals surface area contributed by atoms with Crippen LogP contribution in [0.2, 0.25) is 0 Å². The Kier molecular flexibility index (Phi) is 6.89. The summed E-state index contributed by atoms with van der Waals surface area (Å²) in [7, 11) is 0. The lowest BCUT2D eigenvalue weighted by Crippen LogP contribution is -2.48. The average Bonchev–Trinajstić information content (AvgIpc) is 3.56. The highest BCUT2D eigenvalue weighted by molar-refractivity contribution is 6.07. The Bertz CT molecular complexity index is 2880. The molecule has 4 saturated carbocycles. The molecule has 0 saturated heterocycles. The maximum atomic E-state index is 2.50. The van der Waals surface area contributed by atoms with E-state index < -0.39 is 5.41 Å². The first kappa shape index (κ1) is 32.9. The molecule has 0 N–H and O–H groups in total. The lowest BCUT2D eigenvalue weighted by molar-refractivity contribution is -0.00518. The summed E-state index contributed by atoms with van der Waals surface area (Å²) in [4.78, 5) is 2.44. The van der Waals surface area contributed by atoms with E-state index in [1.54, 1.807) is 5.56 Å². The molecule has 0 radical (unpaired) electrons. The summed E-state index contributed by atoms with van der Waals surface area (Å²) in [6.45, 7) is 0. The largest absolute Gasteiger partial charge is 0.310 e. The summed E-state index contributed by atoms with van der Waals surface area (Å²) >= 11 is 0. The molecule has 4 bridgehead atoms. The van der Waals surface area contributed by atoms with Gasteiger partial charge in [-0.15, -0.1) is 0 Å². The van der Waals surface area contributed by atoms with E-state index in [9.17, 15) is 0 Å². The van der Waals surface area contributed by atoms with Crippen LogP contribution < -0.4 is 4.90 Å². The topological polar surface area (TPSA) is 3.24 Å². The smallest absolute Gasteiger partial charge is 0.0726 e. The number of hydrogen-bond acceptors (Lipinski definition) is 1. The van der Waals surface area contributed by atoms with Crippen molar-refractivity contribution in [3.05, 3.63) is 210 Å². The number of rotatable bonds is 5. The molecule has 1 nitrogen and oxygen atoms in total. The van der Waals surface area contributed by atoms with Gasteiger partial charge in [0.05, 0.1) is 5.41 Å². The van der Waals surface area contributed by atoms with Crippen molar-refractivity contribution in [1.29, 1.82) is 0 Å². The van der Waals surface area contributed by atoms with Crippen LogP contribution in [0, 0.1) is 17.8 Å². The molecule has 1 unspecified atom stereocenters. The van der Waals surface area contributed by atoms with E-state index in [2.05, 4.69) is 187 Å². The highest BCUT2D eigenvalue weighted by Gasteiger charge is 2.52. The molecular weight excluding hydrogens is 699 g/mol. The van der Waals surface area contributed by atoms with E-state index >= 15 is 0 Å². The van der Waals surface area contributed by atoms with Crippen LogP contribution in [0.15, 0.2) is 182 Å². The standard InChI is InChI=1S/C57H45N/c1-2-12-44(13-3-1)58(45-26-22-41(23-27-45)40-20-24-43(25-21-40)56-34-37-30-38(35-56)32-39(31-37)36-56)46-28-29-49-47-14-4-6-17-51(47)57(54(49)33-46)52-18-7-5-15-48(52)50-16-8-10-42-11-9-19-53(57)55(42)50/h1-29,33,37-39H,30-32,34-36H2. The molecule has 8 aromatic carbocycles. The zero-order valence-corrected chi connectivity index (χ0v) is 32.7. The predicted molar refractivity (Wildman–Crippen MR) is 240 cm³/mol. The third-order valence-corrected chi connectivity index (χ3v) is 15.2. The van der Waals surface area contributed by atoms with Crippen LogP contribution in [-0.4, -0.2) is 0 Å². The number of hydrogen-bond donors (Lipinski definition) is 0. The van der Waals surface area contributed by atoms with Gasteiger partial charge in [-0.2, -0.15) is 0 Å². The molecule has 6 aliphatic carbocycles. The number of anilines is 3. The van der Waals surface area contributed by atoms with Gasteiger partial charge in [0, 0.05) is 17.1 Å². The lowest BCUT2D eigenvalue weighted by Gasteiger charge is -2.57. The van der Waals surface area contributed by atoms with Gasteiger partial charge in [-0.25, -0.2) is 0 Å². The summed E-state index contributed by atoms with van der Waals surface area (Å²) in [6.07, 6.45) is 8.70. The second-order valence-electron chi connectivity index (χ2n) is 18.3. The Morgan fingerprint density at radius 1 is 0.379 bits per heavy atom. The van der Waals surface area contributed by atoms with Crippen molar-refractivity contribution in [3.8, 4) is 33.4 Å². The van der Waals surface area contributed by atoms with Gasteiger partial charge >= 0.3 is 0 Å². The zero-order valence-electron chi connectivity index (χ0n) is 32.7. The van der Waals surface area contributed by atoms with Gasteiger partial charge < -0.3 is 4.90 Å². The molecule has 0 heterocycles. The molecule has 1 atom stereocenters. The zero-order chi connectivity index (χ0) is 38.0. The van der Waals surface area contributed by atoms with Crippen molar-refractivity contribution in [2.24, 2.45) is 17.8 Å². The van der Waals surface area contributed by atoms with Gasteiger partial charge in [0.25, 0.3) is 0 Å². The first-order valence-corrected chi connectivity index (χ1v) is 21.6. The molecular formula is C57H45N. The number of nitrogens with zero attached hydrogens (tertiary/aromatic N) is 1. The van der Waals surface area contributed by atoms with Gasteiger partial charge in [0.1, 0.15) is 0 Å². The molecule has 0 aromatic heterocycles. The molecule has 0 amide bonds. The predicted octanol–water partition coefficient (Wildman–Crippen LogP) is 14.8. The van der Waals surface area contributed by atoms with Gasteiger partial charge in [-0.3, -0.25) is 0 Å². The summed E-state index contributed by atoms with van der Waals surface area (Å²) in [6, 6.07) is 69.2. The Morgan fingerprint density at radius 2 is 0.879 bits per heavy atom. The second kappa shape index (κ2) is 12.2. The van der Waals surface area contributed by atoms with Crippen molar-refractivity contribution < 1.29 is 0 Å². The minimum Gasteiger partial charge on any atom is -0.310 e. The highest BCUT2D eigenvalue weighted by Crippen LogP contribution is 2.63. The fourth-order valence-corrected chi connectivity index (χ4v) is 13.4. The quantitative estimate of drug-likeness (QED) is 0.170. The van der Waals surface area contributed by atoms with Gasteiger partial charge in [-0.1, -0.05) is 146 Å². The first-order valence-electron chi connectivity index (χ1n) is 21.6. The fourth-order valence-electron chi connectivity index (χ4n) is 13.4. The Labute approximate surface area is 341 Å². The average molecular weight is 744 g/mol. The Hall–Kier alpha value is -6.18. The Morgan fingerprint density at radius 3 is 1.55 bits per heavy atom. The molecule has 1 heteroatoms. The maximum absolute atomic E-state index is 2.50. The van der Waals surface area contributed by atoms with Crippen LogP contribution >= 0.6 is 0 Å². The summed E-state index contributed by atoms with van der Waals surface area (Å²) in [5.41, 5.74) is 18.3. The van der Waals surface area contributed by atoms with E-state index in [1.807, 2.05) is 0 Å². The van der Waals surface area contributed by atoms with Crippen molar-refractivity contribution in [2.75, 3.05) is 4.90 Å². The number of para-hydroxylation sites is 1. The van der Waals surface area contributed by atoms with Crippen molar-refractivity contribution >= 4 is 27.8 Å². The lowest BCUT2D eigenvalue weighted by atomic mass is 9.48. The van der Waals surface area contributed by atoms with Crippen molar-refractivity contribution in [2.45, 2.75) is 49.4 Å². The van der Waals surface area contributed by atoms with Crippen LogP contribution in [0.3, 0.4) is 0 Å². The Balaban J connectivity index is 0.939. The molecule has 0 aliphatic heterocycles. The third kappa shape index (κ3) is 4.53. The fraction of sp³-hybridized carbons (Fsp3) is 0.193. The van der Waals surface area contributed by atoms with Crippen LogP contribution in [0.4, 0.5) is 17.1 Å². The number of fused-ring (bicyclic) bond motifs is 9. The summed E-state index contributed by atoms with van der Waals surface area (Å²) < 4.78 is 0. The minimum atomic E-state index is -0.457. The number of benzene rings is 8. The minimum absolute atomic E-state index is 0.429. The van der Waals surface area contributed by atoms with Gasteiger partial charge in [0.2, 0.25) is 0 Å². The van der Waals surface area contributed by atoms with E-state index in [0.29, 0.717) is 5.41 Å². The maximum Gasteiger partial charge on any atom is 0.0726 e. The molecule has 278 valence electrons. The van der Waals surface area contributed by atoms with Crippen LogP contribution in [0.1, 0.15) is 66.3 Å². The summed E-state index contributed by atoms with van der Waals surface area (Å²) in [5.74, 6) is 2.88. The molecule has 58 heavy (non-hydrogen) atoms. The van der Waals surface area contributed by atoms with Gasteiger partial charge in [-0.05, 0) is 170 Å². The van der Waals surface area contributed by atoms with E-state index in [-0.39, 0.29) is 0 Å². The molecule has 4 fully saturated rings. The first-order chi connectivity index (χ1) is 28.7. The SMILES string of the molecule is c1ccc(N(c2ccc(-c3ccc(C45CC6CC(CC(C6)C4)C5)cc3)cc2)c2ccc3c(c2)C2(c4ccccc4-3)c3ccccc3-c3cccc4cccc2c34)cc1. The van der Waals surface area contributed by atoms with E-state index in [0.717, 1.165) is 34.8 Å². The summed E-state index contributed by atoms with van der Waals surface area (Å²) in [5, 5.41) is 2.65. The van der Waals surface area contributed by atoms with Crippen molar-refractivity contribution in [3.63, 3.8) is 0 Å². The van der Waals surface area contributed by atoms with Crippen LogP contribution in [0.25, 0.3) is 44.2 Å². The molecule has 6 aliphatic rings. The van der Waals surface area contributed by atoms with Crippen LogP contribution in [-0.2, 0) is 10.8 Å². The van der Waals surface area contributed by atoms with E-state index in [4.69, 9.17) is 0 Å². The third-order valence-electron chi connectivity index (χ3n) is 15.2. The monoisotopic (exact) mass is 743 g/mol. The van der Waals surface area contributed by atoms with Crippen LogP contribution in [0.5, 0.6) is 0 Å². The van der Waals surface area contributed by atoms with Gasteiger partial charge in [0.15, 0.2) is 0 Å². The molecule has 1 spiro atoms. The normalized spacial score (nSPS) is 24.1. The molecule has 14 rings (SSSR count). The van der Waals surface area contributed by atoms with E-state index in [1.165, 1.54) is 105 Å². The highest BCUT2D eigenvalue weighted by atomic mass is 15.1.